The zero-order chi connectivity index (χ0) is 21.3. The first-order chi connectivity index (χ1) is 14.1. The maximum Gasteiger partial charge on any atom is 0.302 e. The number of unbranched alkanes of at least 4 members (excludes halogenated alkanes) is 1. The van der Waals surface area contributed by atoms with Crippen LogP contribution in [0.4, 0.5) is 0 Å². The van der Waals surface area contributed by atoms with E-state index in [2.05, 4.69) is 13.2 Å². The number of hydrogen-bond acceptors (Lipinski definition) is 5. The molecule has 2 rings (SSSR count). The molecule has 0 radical (unpaired) electrons. The number of aliphatic hydroxyl groups excluding tert-OH is 1. The quantitative estimate of drug-likeness (QED) is 0.334. The van der Waals surface area contributed by atoms with E-state index in [4.69, 9.17) is 19.3 Å². The van der Waals surface area contributed by atoms with Crippen molar-refractivity contribution in [1.29, 1.82) is 0 Å². The van der Waals surface area contributed by atoms with Gasteiger partial charge in [-0.3, -0.25) is 4.79 Å². The molecule has 5 nitrogen and oxygen atoms in total. The van der Waals surface area contributed by atoms with Gasteiger partial charge in [0.2, 0.25) is 0 Å². The van der Waals surface area contributed by atoms with Crippen LogP contribution in [0.3, 0.4) is 0 Å². The van der Waals surface area contributed by atoms with Crippen LogP contribution in [-0.2, 0) is 9.53 Å². The van der Waals surface area contributed by atoms with E-state index >= 15 is 0 Å². The average Bonchev–Trinajstić information content (AvgIpc) is 2.75. The van der Waals surface area contributed by atoms with Gasteiger partial charge in [0, 0.05) is 6.92 Å². The van der Waals surface area contributed by atoms with Crippen molar-refractivity contribution in [3.8, 4) is 22.6 Å². The Morgan fingerprint density at radius 1 is 0.862 bits per heavy atom. The first-order valence-corrected chi connectivity index (χ1v) is 9.52. The Kier molecular flexibility index (Phi) is 12.4. The summed E-state index contributed by atoms with van der Waals surface area (Å²) in [5.41, 5.74) is 2.22. The fourth-order valence-electron chi connectivity index (χ4n) is 2.25. The number of rotatable bonds is 11. The molecule has 0 spiro atoms. The third-order valence-electron chi connectivity index (χ3n) is 3.65. The van der Waals surface area contributed by atoms with Crippen molar-refractivity contribution >= 4 is 5.97 Å². The van der Waals surface area contributed by atoms with Gasteiger partial charge in [0.05, 0.1) is 13.2 Å². The summed E-state index contributed by atoms with van der Waals surface area (Å²) in [5.74, 6) is 1.32. The van der Waals surface area contributed by atoms with Crippen molar-refractivity contribution in [2.45, 2.75) is 19.8 Å². The van der Waals surface area contributed by atoms with Crippen molar-refractivity contribution in [1.82, 2.24) is 0 Å². The second-order valence-electron chi connectivity index (χ2n) is 5.99. The Balaban J connectivity index is 0.000000960. The molecule has 0 heterocycles. The van der Waals surface area contributed by atoms with Gasteiger partial charge in [-0.1, -0.05) is 36.4 Å². The van der Waals surface area contributed by atoms with E-state index in [1.54, 1.807) is 0 Å². The van der Waals surface area contributed by atoms with Gasteiger partial charge >= 0.3 is 5.97 Å². The molecule has 156 valence electrons. The molecule has 0 aliphatic carbocycles. The van der Waals surface area contributed by atoms with Gasteiger partial charge in [0.1, 0.15) is 24.7 Å². The van der Waals surface area contributed by atoms with Gasteiger partial charge in [-0.05, 0) is 48.2 Å². The van der Waals surface area contributed by atoms with Crippen molar-refractivity contribution in [2.75, 3.05) is 26.4 Å². The highest BCUT2D eigenvalue weighted by atomic mass is 16.6. The standard InChI is InChI=1S/C21H24O4.C3H6O/c1-3-4-5-14-24-20-10-6-18(7-11-20)19-8-12-21(13-9-19)25-16-15-23-17(2)22;1-2-3-4/h3,6-13H,1,4-5,14-16H2,2H3;2,4H,1,3H2. The first kappa shape index (κ1) is 24.0. The van der Waals surface area contributed by atoms with Gasteiger partial charge in [0.15, 0.2) is 0 Å². The van der Waals surface area contributed by atoms with Crippen LogP contribution in [0.1, 0.15) is 19.8 Å². The summed E-state index contributed by atoms with van der Waals surface area (Å²) in [6.07, 6.45) is 5.27. The third-order valence-corrected chi connectivity index (χ3v) is 3.65. The lowest BCUT2D eigenvalue weighted by Crippen LogP contribution is -2.09. The lowest BCUT2D eigenvalue weighted by atomic mass is 10.1. The molecule has 0 aliphatic rings. The first-order valence-electron chi connectivity index (χ1n) is 9.52. The van der Waals surface area contributed by atoms with Crippen LogP contribution in [0.2, 0.25) is 0 Å². The van der Waals surface area contributed by atoms with E-state index in [0.717, 1.165) is 35.5 Å². The van der Waals surface area contributed by atoms with Crippen LogP contribution in [-0.4, -0.2) is 37.5 Å². The van der Waals surface area contributed by atoms with Crippen molar-refractivity contribution in [3.05, 3.63) is 73.8 Å². The van der Waals surface area contributed by atoms with Crippen LogP contribution in [0, 0.1) is 0 Å². The Morgan fingerprint density at radius 3 is 1.76 bits per heavy atom. The largest absolute Gasteiger partial charge is 0.494 e. The summed E-state index contributed by atoms with van der Waals surface area (Å²) in [5, 5.41) is 7.76. The molecule has 2 aromatic rings. The van der Waals surface area contributed by atoms with Gasteiger partial charge in [-0.25, -0.2) is 0 Å². The number of hydrogen-bond donors (Lipinski definition) is 1. The topological polar surface area (TPSA) is 65.0 Å². The monoisotopic (exact) mass is 398 g/mol. The molecule has 0 amide bonds. The predicted octanol–water partition coefficient (Wildman–Crippen LogP) is 4.81. The molecule has 0 unspecified atom stereocenters. The normalized spacial score (nSPS) is 9.59. The fraction of sp³-hybridized carbons (Fsp3) is 0.292. The van der Waals surface area contributed by atoms with Crippen LogP contribution in [0.25, 0.3) is 11.1 Å². The fourth-order valence-corrected chi connectivity index (χ4v) is 2.25. The van der Waals surface area contributed by atoms with Crippen molar-refractivity contribution in [3.63, 3.8) is 0 Å². The maximum absolute atomic E-state index is 10.7. The van der Waals surface area contributed by atoms with Gasteiger partial charge in [0.25, 0.3) is 0 Å². The zero-order valence-electron chi connectivity index (χ0n) is 17.0. The molecule has 0 fully saturated rings. The molecule has 0 aromatic heterocycles. The smallest absolute Gasteiger partial charge is 0.302 e. The molecule has 0 saturated carbocycles. The number of ether oxygens (including phenoxy) is 3. The Morgan fingerprint density at radius 2 is 1.34 bits per heavy atom. The number of benzene rings is 2. The minimum Gasteiger partial charge on any atom is -0.494 e. The maximum atomic E-state index is 10.7. The second kappa shape index (κ2) is 14.9. The average molecular weight is 398 g/mol. The number of carbonyl (C=O) groups excluding carboxylic acids is 1. The van der Waals surface area contributed by atoms with Crippen LogP contribution in [0.5, 0.6) is 11.5 Å². The van der Waals surface area contributed by atoms with E-state index in [9.17, 15) is 4.79 Å². The third kappa shape index (κ3) is 10.8. The summed E-state index contributed by atoms with van der Waals surface area (Å²) in [4.78, 5) is 10.7. The highest BCUT2D eigenvalue weighted by molar-refractivity contribution is 5.66. The molecule has 2 aromatic carbocycles. The van der Waals surface area contributed by atoms with Gasteiger partial charge in [-0.15, -0.1) is 13.2 Å². The number of esters is 1. The van der Waals surface area contributed by atoms with E-state index in [1.165, 1.54) is 13.0 Å². The molecule has 29 heavy (non-hydrogen) atoms. The molecular weight excluding hydrogens is 368 g/mol. The molecule has 0 aliphatic heterocycles. The molecule has 0 bridgehead atoms. The van der Waals surface area contributed by atoms with Gasteiger partial charge < -0.3 is 19.3 Å². The summed E-state index contributed by atoms with van der Waals surface area (Å²) in [6.45, 7) is 9.69. The Bertz CT molecular complexity index is 720. The lowest BCUT2D eigenvalue weighted by molar-refractivity contribution is -0.141. The molecule has 1 N–H and O–H groups in total. The Labute approximate surface area is 173 Å². The number of aliphatic hydroxyl groups is 1. The van der Waals surface area contributed by atoms with Crippen LogP contribution >= 0.6 is 0 Å². The van der Waals surface area contributed by atoms with E-state index in [0.29, 0.717) is 13.2 Å². The molecule has 0 saturated heterocycles. The predicted molar refractivity (Wildman–Crippen MR) is 116 cm³/mol. The number of carbonyl (C=O) groups is 1. The van der Waals surface area contributed by atoms with Crippen LogP contribution < -0.4 is 9.47 Å². The SMILES string of the molecule is C=CCCCOc1ccc(-c2ccc(OCCOC(C)=O)cc2)cc1.C=CCO. The van der Waals surface area contributed by atoms with E-state index < -0.39 is 0 Å². The highest BCUT2D eigenvalue weighted by Crippen LogP contribution is 2.24. The lowest BCUT2D eigenvalue weighted by Gasteiger charge is -2.09. The minimum absolute atomic E-state index is 0.0833. The second-order valence-corrected chi connectivity index (χ2v) is 5.99. The Hall–Kier alpha value is -3.05. The summed E-state index contributed by atoms with van der Waals surface area (Å²) in [6, 6.07) is 15.9. The van der Waals surface area contributed by atoms with Gasteiger partial charge in [-0.2, -0.15) is 0 Å². The van der Waals surface area contributed by atoms with Crippen molar-refractivity contribution < 1.29 is 24.1 Å². The van der Waals surface area contributed by atoms with Crippen LogP contribution in [0.15, 0.2) is 73.8 Å². The highest BCUT2D eigenvalue weighted by Gasteiger charge is 2.01. The summed E-state index contributed by atoms with van der Waals surface area (Å²) in [7, 11) is 0. The molecule has 5 heteroatoms. The molecule has 0 atom stereocenters. The van der Waals surface area contributed by atoms with Crippen molar-refractivity contribution in [2.24, 2.45) is 0 Å². The zero-order valence-corrected chi connectivity index (χ0v) is 17.0. The van der Waals surface area contributed by atoms with E-state index in [-0.39, 0.29) is 19.2 Å². The minimum atomic E-state index is -0.299. The number of allylic oxidation sites excluding steroid dienone is 1. The summed E-state index contributed by atoms with van der Waals surface area (Å²) < 4.78 is 16.0. The van der Waals surface area contributed by atoms with E-state index in [1.807, 2.05) is 54.6 Å². The summed E-state index contributed by atoms with van der Waals surface area (Å²) >= 11 is 0. The molecular formula is C24H30O5.